The quantitative estimate of drug-likeness (QED) is 0.507. The number of rotatable bonds is 11. The second kappa shape index (κ2) is 10.8. The summed E-state index contributed by atoms with van der Waals surface area (Å²) in [5.41, 5.74) is 3.87. The summed E-state index contributed by atoms with van der Waals surface area (Å²) in [6, 6.07) is 9.56. The van der Waals surface area contributed by atoms with E-state index in [0.29, 0.717) is 19.6 Å². The van der Waals surface area contributed by atoms with Crippen LogP contribution in [0, 0.1) is 6.92 Å². The summed E-state index contributed by atoms with van der Waals surface area (Å²) in [6.45, 7) is 9.38. The van der Waals surface area contributed by atoms with Crippen LogP contribution >= 0.6 is 7.60 Å². The van der Waals surface area contributed by atoms with Crippen molar-refractivity contribution in [2.75, 3.05) is 20.3 Å². The average molecular weight is 420 g/mol. The van der Waals surface area contributed by atoms with Crippen molar-refractivity contribution < 1.29 is 23.5 Å². The van der Waals surface area contributed by atoms with Crippen molar-refractivity contribution in [2.24, 2.45) is 0 Å². The summed E-state index contributed by atoms with van der Waals surface area (Å²) in [5, 5.41) is 0.277. The van der Waals surface area contributed by atoms with E-state index in [9.17, 15) is 9.46 Å². The Morgan fingerprint density at radius 2 is 1.55 bits per heavy atom. The van der Waals surface area contributed by atoms with E-state index in [1.807, 2.05) is 19.1 Å². The van der Waals surface area contributed by atoms with Crippen LogP contribution in [0.3, 0.4) is 0 Å². The highest BCUT2D eigenvalue weighted by Gasteiger charge is 2.24. The lowest BCUT2D eigenvalue weighted by atomic mass is 9.98. The van der Waals surface area contributed by atoms with Gasteiger partial charge in [0.1, 0.15) is 11.5 Å². The predicted molar refractivity (Wildman–Crippen MR) is 118 cm³/mol. The van der Waals surface area contributed by atoms with Crippen molar-refractivity contribution in [3.63, 3.8) is 0 Å². The van der Waals surface area contributed by atoms with Crippen molar-refractivity contribution in [1.82, 2.24) is 0 Å². The molecule has 0 fully saturated rings. The van der Waals surface area contributed by atoms with E-state index in [-0.39, 0.29) is 5.30 Å². The summed E-state index contributed by atoms with van der Waals surface area (Å²) in [7, 11) is -2.61. The molecule has 29 heavy (non-hydrogen) atoms. The highest BCUT2D eigenvalue weighted by Crippen LogP contribution is 2.42. The molecule has 0 aliphatic rings. The number of para-hydroxylation sites is 1. The van der Waals surface area contributed by atoms with E-state index in [4.69, 9.17) is 14.0 Å². The first-order valence-electron chi connectivity index (χ1n) is 10.3. The molecule has 1 unspecified atom stereocenters. The average Bonchev–Trinajstić information content (AvgIpc) is 2.71. The zero-order valence-electron chi connectivity index (χ0n) is 18.2. The van der Waals surface area contributed by atoms with Gasteiger partial charge in [-0.15, -0.1) is 0 Å². The first-order valence-corrected chi connectivity index (χ1v) is 11.8. The Labute approximate surface area is 174 Å². The van der Waals surface area contributed by atoms with Gasteiger partial charge in [-0.25, -0.2) is 0 Å². The fraction of sp³-hybridized carbons (Fsp3) is 0.478. The molecule has 6 heteroatoms. The Balaban J connectivity index is 2.56. The van der Waals surface area contributed by atoms with Crippen molar-refractivity contribution >= 4 is 12.9 Å². The second-order valence-electron chi connectivity index (χ2n) is 7.09. The van der Waals surface area contributed by atoms with Gasteiger partial charge in [0.15, 0.2) is 0 Å². The first-order chi connectivity index (χ1) is 13.9. The Morgan fingerprint density at radius 1 is 0.931 bits per heavy atom. The van der Waals surface area contributed by atoms with Crippen LogP contribution in [0.25, 0.3) is 0 Å². The molecule has 0 heterocycles. The fourth-order valence-electron chi connectivity index (χ4n) is 3.29. The van der Waals surface area contributed by atoms with Crippen molar-refractivity contribution in [1.29, 1.82) is 0 Å². The zero-order chi connectivity index (χ0) is 21.4. The molecular weight excluding hydrogens is 387 g/mol. The Kier molecular flexibility index (Phi) is 8.76. The zero-order valence-corrected chi connectivity index (χ0v) is 19.1. The maximum absolute atomic E-state index is 12.4. The van der Waals surface area contributed by atoms with Gasteiger partial charge in [0.2, 0.25) is 0 Å². The number of hydrogen-bond donors (Lipinski definition) is 1. The van der Waals surface area contributed by atoms with E-state index in [1.165, 1.54) is 7.11 Å². The van der Waals surface area contributed by atoms with Crippen LogP contribution in [0.15, 0.2) is 30.3 Å². The van der Waals surface area contributed by atoms with Crippen LogP contribution in [-0.4, -0.2) is 25.2 Å². The summed E-state index contributed by atoms with van der Waals surface area (Å²) in [4.78, 5) is 10.2. The predicted octanol–water partition coefficient (Wildman–Crippen LogP) is 5.18. The summed E-state index contributed by atoms with van der Waals surface area (Å²) < 4.78 is 29.4. The molecule has 5 nitrogen and oxygen atoms in total. The standard InChI is InChI=1S/C23H33O5P/c1-6-12-27-22-17(4)14-21(29(24,25)26-5)16-20(22)15-19-11-9-10-18(8-3)23(19)28-13-7-2/h9-11,14,16H,6-8,12-13,15H2,1-5H3,(H,24,25). The maximum atomic E-state index is 12.4. The largest absolute Gasteiger partial charge is 0.493 e. The van der Waals surface area contributed by atoms with Crippen LogP contribution in [0.4, 0.5) is 0 Å². The number of hydrogen-bond acceptors (Lipinski definition) is 4. The first kappa shape index (κ1) is 23.5. The van der Waals surface area contributed by atoms with Gasteiger partial charge in [-0.05, 0) is 60.6 Å². The molecule has 0 aromatic heterocycles. The summed E-state index contributed by atoms with van der Waals surface area (Å²) >= 11 is 0. The number of benzene rings is 2. The van der Waals surface area contributed by atoms with Crippen LogP contribution in [0.2, 0.25) is 0 Å². The minimum Gasteiger partial charge on any atom is -0.493 e. The van der Waals surface area contributed by atoms with Crippen molar-refractivity contribution in [2.45, 2.75) is 53.4 Å². The Morgan fingerprint density at radius 3 is 2.14 bits per heavy atom. The van der Waals surface area contributed by atoms with Gasteiger partial charge in [0, 0.05) is 13.5 Å². The fourth-order valence-corrected chi connectivity index (χ4v) is 4.17. The van der Waals surface area contributed by atoms with Gasteiger partial charge in [-0.1, -0.05) is 39.0 Å². The molecule has 2 aromatic carbocycles. The van der Waals surface area contributed by atoms with E-state index >= 15 is 0 Å². The molecule has 0 aliphatic carbocycles. The molecule has 0 radical (unpaired) electrons. The molecule has 2 aromatic rings. The lowest BCUT2D eigenvalue weighted by molar-refractivity contribution is 0.308. The molecule has 0 spiro atoms. The van der Waals surface area contributed by atoms with Crippen molar-refractivity contribution in [3.8, 4) is 11.5 Å². The normalized spacial score (nSPS) is 13.2. The SMILES string of the molecule is CCCOc1c(C)cc(P(=O)(O)OC)cc1Cc1cccc(CC)c1OCCC. The molecule has 2 rings (SSSR count). The highest BCUT2D eigenvalue weighted by molar-refractivity contribution is 7.61. The van der Waals surface area contributed by atoms with Gasteiger partial charge in [0.05, 0.1) is 18.5 Å². The third-order valence-corrected chi connectivity index (χ3v) is 6.16. The van der Waals surface area contributed by atoms with Crippen LogP contribution < -0.4 is 14.8 Å². The monoisotopic (exact) mass is 420 g/mol. The van der Waals surface area contributed by atoms with Gasteiger partial charge in [-0.3, -0.25) is 4.57 Å². The van der Waals surface area contributed by atoms with Gasteiger partial charge in [0.25, 0.3) is 0 Å². The second-order valence-corrected chi connectivity index (χ2v) is 9.01. The lowest BCUT2D eigenvalue weighted by Gasteiger charge is -2.20. The summed E-state index contributed by atoms with van der Waals surface area (Å²) in [5.74, 6) is 1.66. The molecule has 0 saturated carbocycles. The smallest absolute Gasteiger partial charge is 0.358 e. The molecule has 1 atom stereocenters. The minimum atomic E-state index is -3.86. The molecule has 0 aliphatic heterocycles. The van der Waals surface area contributed by atoms with E-state index in [1.54, 1.807) is 12.1 Å². The van der Waals surface area contributed by atoms with E-state index in [0.717, 1.165) is 53.0 Å². The lowest BCUT2D eigenvalue weighted by Crippen LogP contribution is -2.12. The maximum Gasteiger partial charge on any atom is 0.358 e. The van der Waals surface area contributed by atoms with E-state index in [2.05, 4.69) is 26.8 Å². The molecule has 1 N–H and O–H groups in total. The van der Waals surface area contributed by atoms with E-state index < -0.39 is 7.60 Å². The van der Waals surface area contributed by atoms with Crippen LogP contribution in [0.5, 0.6) is 11.5 Å². The third-order valence-electron chi connectivity index (χ3n) is 4.75. The number of aryl methyl sites for hydroxylation is 2. The third kappa shape index (κ3) is 5.85. The number of ether oxygens (including phenoxy) is 2. The minimum absolute atomic E-state index is 0.277. The van der Waals surface area contributed by atoms with Crippen LogP contribution in [0.1, 0.15) is 55.9 Å². The van der Waals surface area contributed by atoms with Gasteiger partial charge >= 0.3 is 7.60 Å². The molecule has 160 valence electrons. The van der Waals surface area contributed by atoms with Gasteiger partial charge < -0.3 is 18.9 Å². The molecular formula is C23H33O5P. The molecule has 0 saturated heterocycles. The van der Waals surface area contributed by atoms with Crippen molar-refractivity contribution in [3.05, 3.63) is 52.6 Å². The Hall–Kier alpha value is -1.81. The summed E-state index contributed by atoms with van der Waals surface area (Å²) in [6.07, 6.45) is 3.23. The molecule has 0 bridgehead atoms. The Bertz CT molecular complexity index is 863. The molecule has 0 amide bonds. The van der Waals surface area contributed by atoms with Gasteiger partial charge in [-0.2, -0.15) is 0 Å². The topological polar surface area (TPSA) is 65.0 Å². The highest BCUT2D eigenvalue weighted by atomic mass is 31.2. The van der Waals surface area contributed by atoms with Crippen LogP contribution in [-0.2, 0) is 21.9 Å².